The fourth-order valence-electron chi connectivity index (χ4n) is 1.27. The van der Waals surface area contributed by atoms with Gasteiger partial charge < -0.3 is 10.8 Å². The van der Waals surface area contributed by atoms with Crippen LogP contribution in [0.2, 0.25) is 0 Å². The third-order valence-corrected chi connectivity index (χ3v) is 2.84. The van der Waals surface area contributed by atoms with Gasteiger partial charge in [0.2, 0.25) is 0 Å². The Morgan fingerprint density at radius 1 is 1.38 bits per heavy atom. The number of benzene rings is 1. The van der Waals surface area contributed by atoms with Gasteiger partial charge in [-0.15, -0.1) is 11.3 Å². The number of hydrogen-bond donors (Lipinski definition) is 2. The molecule has 0 atom stereocenters. The van der Waals surface area contributed by atoms with Gasteiger partial charge in [0.1, 0.15) is 0 Å². The Morgan fingerprint density at radius 3 is 2.85 bits per heavy atom. The number of carboxylic acid groups (broad SMARTS) is 1. The third-order valence-electron chi connectivity index (χ3n) is 1.88. The van der Waals surface area contributed by atoms with Crippen LogP contribution in [0.15, 0.2) is 23.6 Å². The van der Waals surface area contributed by atoms with E-state index in [1.165, 1.54) is 17.4 Å². The van der Waals surface area contributed by atoms with E-state index in [1.807, 2.05) is 5.38 Å². The molecule has 1 heterocycles. The van der Waals surface area contributed by atoms with Crippen LogP contribution in [0.5, 0.6) is 0 Å². The molecular weight excluding hydrogens is 186 g/mol. The Morgan fingerprint density at radius 2 is 2.15 bits per heavy atom. The fraction of sp³-hybridized carbons (Fsp3) is 0. The molecule has 0 amide bonds. The molecule has 0 unspecified atom stereocenters. The smallest absolute Gasteiger partial charge is 0.336 e. The van der Waals surface area contributed by atoms with Gasteiger partial charge in [-0.25, -0.2) is 4.79 Å². The first-order valence-corrected chi connectivity index (χ1v) is 4.57. The number of thiophene rings is 1. The Labute approximate surface area is 78.4 Å². The van der Waals surface area contributed by atoms with Gasteiger partial charge in [-0.05, 0) is 23.6 Å². The summed E-state index contributed by atoms with van der Waals surface area (Å²) < 4.78 is 0.847. The quantitative estimate of drug-likeness (QED) is 0.682. The molecule has 4 heteroatoms. The van der Waals surface area contributed by atoms with Crippen LogP contribution in [0.1, 0.15) is 10.4 Å². The van der Waals surface area contributed by atoms with Crippen LogP contribution in [-0.2, 0) is 0 Å². The molecule has 0 bridgehead atoms. The molecule has 0 spiro atoms. The zero-order chi connectivity index (χ0) is 9.42. The van der Waals surface area contributed by atoms with E-state index in [0.29, 0.717) is 11.3 Å². The molecule has 3 nitrogen and oxygen atoms in total. The first-order valence-electron chi connectivity index (χ1n) is 3.69. The van der Waals surface area contributed by atoms with Crippen LogP contribution in [-0.4, -0.2) is 11.1 Å². The number of carbonyl (C=O) groups is 1. The van der Waals surface area contributed by atoms with E-state index in [0.717, 1.165) is 10.1 Å². The summed E-state index contributed by atoms with van der Waals surface area (Å²) in [5.41, 5.74) is 6.63. The number of nitrogen functional groups attached to an aromatic ring is 1. The highest BCUT2D eigenvalue weighted by atomic mass is 32.1. The van der Waals surface area contributed by atoms with Crippen molar-refractivity contribution >= 4 is 33.1 Å². The van der Waals surface area contributed by atoms with E-state index in [4.69, 9.17) is 10.8 Å². The maximum absolute atomic E-state index is 10.8. The van der Waals surface area contributed by atoms with Crippen molar-refractivity contribution in [2.24, 2.45) is 0 Å². The Kier molecular flexibility index (Phi) is 1.70. The third kappa shape index (κ3) is 1.15. The lowest BCUT2D eigenvalue weighted by Crippen LogP contribution is -1.97. The Hall–Kier alpha value is -1.55. The molecule has 66 valence electrons. The van der Waals surface area contributed by atoms with Crippen LogP contribution < -0.4 is 5.73 Å². The van der Waals surface area contributed by atoms with Gasteiger partial charge in [0.05, 0.1) is 10.3 Å². The summed E-state index contributed by atoms with van der Waals surface area (Å²) >= 11 is 1.46. The Bertz CT molecular complexity index is 475. The molecule has 0 radical (unpaired) electrons. The lowest BCUT2D eigenvalue weighted by Gasteiger charge is -1.99. The van der Waals surface area contributed by atoms with Crippen molar-refractivity contribution in [3.05, 3.63) is 29.1 Å². The summed E-state index contributed by atoms with van der Waals surface area (Å²) in [5.74, 6) is -0.914. The number of rotatable bonds is 1. The van der Waals surface area contributed by atoms with E-state index in [9.17, 15) is 4.79 Å². The number of aromatic carboxylic acids is 1. The van der Waals surface area contributed by atoms with E-state index >= 15 is 0 Å². The average Bonchev–Trinajstić information content (AvgIpc) is 2.53. The highest BCUT2D eigenvalue weighted by molar-refractivity contribution is 7.17. The van der Waals surface area contributed by atoms with Crippen molar-refractivity contribution in [3.63, 3.8) is 0 Å². The summed E-state index contributed by atoms with van der Waals surface area (Å²) in [4.78, 5) is 10.8. The number of anilines is 1. The maximum Gasteiger partial charge on any atom is 0.336 e. The summed E-state index contributed by atoms with van der Waals surface area (Å²) in [6, 6.07) is 4.94. The highest BCUT2D eigenvalue weighted by Gasteiger charge is 2.10. The second-order valence-corrected chi connectivity index (χ2v) is 3.59. The van der Waals surface area contributed by atoms with Gasteiger partial charge in [-0.2, -0.15) is 0 Å². The summed E-state index contributed by atoms with van der Waals surface area (Å²) in [6.07, 6.45) is 0. The van der Waals surface area contributed by atoms with Crippen molar-refractivity contribution in [1.82, 2.24) is 0 Å². The van der Waals surface area contributed by atoms with Crippen molar-refractivity contribution in [2.75, 3.05) is 5.73 Å². The Balaban J connectivity index is 2.86. The monoisotopic (exact) mass is 193 g/mol. The number of fused-ring (bicyclic) bond motifs is 1. The number of hydrogen-bond acceptors (Lipinski definition) is 3. The summed E-state index contributed by atoms with van der Waals surface area (Å²) in [5, 5.41) is 11.4. The molecule has 0 aliphatic rings. The van der Waals surface area contributed by atoms with E-state index < -0.39 is 5.97 Å². The van der Waals surface area contributed by atoms with Crippen molar-refractivity contribution < 1.29 is 9.90 Å². The predicted molar refractivity (Wildman–Crippen MR) is 53.2 cm³/mol. The molecule has 13 heavy (non-hydrogen) atoms. The molecule has 2 aromatic rings. The molecular formula is C9H7NO2S. The maximum atomic E-state index is 10.8. The van der Waals surface area contributed by atoms with E-state index in [-0.39, 0.29) is 0 Å². The van der Waals surface area contributed by atoms with Crippen LogP contribution in [0.25, 0.3) is 10.1 Å². The topological polar surface area (TPSA) is 63.3 Å². The standard InChI is InChI=1S/C9H7NO2S/c10-7-2-1-6(9(11)12)5-3-4-13-8(5)7/h1-4H,10H2,(H,11,12). The van der Waals surface area contributed by atoms with Gasteiger partial charge in [0.25, 0.3) is 0 Å². The normalized spacial score (nSPS) is 10.5. The van der Waals surface area contributed by atoms with E-state index in [1.54, 1.807) is 12.1 Å². The van der Waals surface area contributed by atoms with Gasteiger partial charge in [-0.3, -0.25) is 0 Å². The molecule has 0 aliphatic heterocycles. The second kappa shape index (κ2) is 2.74. The van der Waals surface area contributed by atoms with Crippen LogP contribution in [0.4, 0.5) is 5.69 Å². The molecule has 0 aliphatic carbocycles. The first-order chi connectivity index (χ1) is 6.20. The molecule has 1 aromatic carbocycles. The zero-order valence-corrected chi connectivity index (χ0v) is 7.47. The van der Waals surface area contributed by atoms with Gasteiger partial charge in [0.15, 0.2) is 0 Å². The second-order valence-electron chi connectivity index (χ2n) is 2.67. The molecule has 0 saturated heterocycles. The lowest BCUT2D eigenvalue weighted by atomic mass is 10.1. The average molecular weight is 193 g/mol. The molecule has 2 rings (SSSR count). The van der Waals surface area contributed by atoms with Crippen molar-refractivity contribution in [3.8, 4) is 0 Å². The summed E-state index contributed by atoms with van der Waals surface area (Å²) in [6.45, 7) is 0. The molecule has 3 N–H and O–H groups in total. The minimum absolute atomic E-state index is 0.311. The van der Waals surface area contributed by atoms with Crippen molar-refractivity contribution in [2.45, 2.75) is 0 Å². The SMILES string of the molecule is Nc1ccc(C(=O)O)c2ccsc12. The summed E-state index contributed by atoms with van der Waals surface area (Å²) in [7, 11) is 0. The first kappa shape index (κ1) is 8.07. The number of carboxylic acids is 1. The van der Waals surface area contributed by atoms with Crippen LogP contribution in [0.3, 0.4) is 0 Å². The predicted octanol–water partition coefficient (Wildman–Crippen LogP) is 2.18. The van der Waals surface area contributed by atoms with Gasteiger partial charge in [0, 0.05) is 11.1 Å². The molecule has 0 saturated carbocycles. The largest absolute Gasteiger partial charge is 0.478 e. The van der Waals surface area contributed by atoms with Gasteiger partial charge >= 0.3 is 5.97 Å². The van der Waals surface area contributed by atoms with Crippen molar-refractivity contribution in [1.29, 1.82) is 0 Å². The molecule has 1 aromatic heterocycles. The zero-order valence-electron chi connectivity index (χ0n) is 6.65. The highest BCUT2D eigenvalue weighted by Crippen LogP contribution is 2.29. The van der Waals surface area contributed by atoms with Crippen LogP contribution in [0, 0.1) is 0 Å². The minimum atomic E-state index is -0.914. The number of nitrogens with two attached hydrogens (primary N) is 1. The van der Waals surface area contributed by atoms with Gasteiger partial charge in [-0.1, -0.05) is 0 Å². The van der Waals surface area contributed by atoms with E-state index in [2.05, 4.69) is 0 Å². The molecule has 0 fully saturated rings. The lowest BCUT2D eigenvalue weighted by molar-refractivity contribution is 0.0699. The van der Waals surface area contributed by atoms with Crippen LogP contribution >= 0.6 is 11.3 Å². The fourth-order valence-corrected chi connectivity index (χ4v) is 2.12. The minimum Gasteiger partial charge on any atom is -0.478 e.